The molecule has 1 aliphatic rings. The maximum absolute atomic E-state index is 14.1. The highest BCUT2D eigenvalue weighted by Gasteiger charge is 2.33. The summed E-state index contributed by atoms with van der Waals surface area (Å²) in [7, 11) is 0. The highest BCUT2D eigenvalue weighted by molar-refractivity contribution is 5.89. The second-order valence-electron chi connectivity index (χ2n) is 6.51. The van der Waals surface area contributed by atoms with Gasteiger partial charge in [-0.1, -0.05) is 42.5 Å². The van der Waals surface area contributed by atoms with Crippen LogP contribution in [0.25, 0.3) is 0 Å². The van der Waals surface area contributed by atoms with E-state index < -0.39 is 23.6 Å². The smallest absolute Gasteiger partial charge is 0.232 e. The normalized spacial score (nSPS) is 13.9. The predicted molar refractivity (Wildman–Crippen MR) is 97.7 cm³/mol. The fourth-order valence-corrected chi connectivity index (χ4v) is 3.42. The van der Waals surface area contributed by atoms with Crippen LogP contribution >= 0.6 is 0 Å². The zero-order valence-corrected chi connectivity index (χ0v) is 14.6. The van der Waals surface area contributed by atoms with E-state index in [0.29, 0.717) is 11.5 Å². The summed E-state index contributed by atoms with van der Waals surface area (Å²) in [4.78, 5) is 13.1. The van der Waals surface area contributed by atoms with E-state index in [2.05, 4.69) is 5.32 Å². The van der Waals surface area contributed by atoms with Crippen LogP contribution in [-0.4, -0.2) is 5.91 Å². The largest absolute Gasteiger partial charge is 0.457 e. The maximum Gasteiger partial charge on any atom is 0.232 e. The van der Waals surface area contributed by atoms with Gasteiger partial charge in [-0.25, -0.2) is 8.78 Å². The first-order valence-electron chi connectivity index (χ1n) is 8.65. The average Bonchev–Trinajstić information content (AvgIpc) is 2.65. The Labute approximate surface area is 155 Å². The molecule has 0 saturated heterocycles. The van der Waals surface area contributed by atoms with Crippen LogP contribution in [0.5, 0.6) is 11.5 Å². The van der Waals surface area contributed by atoms with Crippen LogP contribution in [0.4, 0.5) is 8.78 Å². The quantitative estimate of drug-likeness (QED) is 0.703. The summed E-state index contributed by atoms with van der Waals surface area (Å²) in [5, 5.41) is 2.85. The van der Waals surface area contributed by atoms with Crippen molar-refractivity contribution in [3.05, 3.63) is 95.1 Å². The lowest BCUT2D eigenvalue weighted by atomic mass is 9.87. The molecule has 0 aromatic heterocycles. The Bertz CT molecular complexity index is 973. The molecule has 0 saturated carbocycles. The van der Waals surface area contributed by atoms with Gasteiger partial charge in [-0.05, 0) is 25.1 Å². The van der Waals surface area contributed by atoms with Crippen molar-refractivity contribution in [1.82, 2.24) is 5.32 Å². The predicted octanol–water partition coefficient (Wildman–Crippen LogP) is 5.08. The van der Waals surface area contributed by atoms with Crippen LogP contribution in [0.2, 0.25) is 0 Å². The van der Waals surface area contributed by atoms with Crippen molar-refractivity contribution in [2.75, 3.05) is 0 Å². The Balaban J connectivity index is 1.67. The molecule has 27 heavy (non-hydrogen) atoms. The zero-order chi connectivity index (χ0) is 19.0. The first kappa shape index (κ1) is 17.2. The molecule has 1 aliphatic heterocycles. The van der Waals surface area contributed by atoms with Gasteiger partial charge in [-0.3, -0.25) is 4.79 Å². The van der Waals surface area contributed by atoms with E-state index in [9.17, 15) is 13.6 Å². The number of carbonyl (C=O) groups is 1. The molecule has 0 fully saturated rings. The Morgan fingerprint density at radius 3 is 2.15 bits per heavy atom. The molecule has 136 valence electrons. The lowest BCUT2D eigenvalue weighted by molar-refractivity contribution is -0.122. The summed E-state index contributed by atoms with van der Waals surface area (Å²) in [6, 6.07) is 17.4. The van der Waals surface area contributed by atoms with Crippen LogP contribution in [-0.2, 0) is 4.79 Å². The van der Waals surface area contributed by atoms with Crippen LogP contribution in [0.1, 0.15) is 35.6 Å². The number of rotatable bonds is 3. The molecule has 5 heteroatoms. The Hall–Kier alpha value is -3.21. The number of hydrogen-bond acceptors (Lipinski definition) is 2. The first-order valence-corrected chi connectivity index (χ1v) is 8.65. The van der Waals surface area contributed by atoms with Gasteiger partial charge in [0.15, 0.2) is 0 Å². The van der Waals surface area contributed by atoms with Gasteiger partial charge >= 0.3 is 0 Å². The Morgan fingerprint density at radius 1 is 0.963 bits per heavy atom. The van der Waals surface area contributed by atoms with Gasteiger partial charge in [0.1, 0.15) is 23.1 Å². The van der Waals surface area contributed by atoms with Crippen LogP contribution < -0.4 is 10.1 Å². The first-order chi connectivity index (χ1) is 13.0. The minimum absolute atomic E-state index is 0.235. The molecule has 0 unspecified atom stereocenters. The number of fused-ring (bicyclic) bond motifs is 2. The highest BCUT2D eigenvalue weighted by atomic mass is 19.1. The van der Waals surface area contributed by atoms with Gasteiger partial charge in [0.05, 0.1) is 12.0 Å². The molecule has 4 rings (SSSR count). The summed E-state index contributed by atoms with van der Waals surface area (Å²) in [6.45, 7) is 1.67. The number of hydrogen-bond donors (Lipinski definition) is 1. The third-order valence-corrected chi connectivity index (χ3v) is 4.73. The molecule has 3 aromatic rings. The SMILES string of the molecule is C[C@H](NC(=O)C1c2ccccc2Oc2ccccc21)c1ccc(F)cc1F. The number of amides is 1. The molecule has 0 aliphatic carbocycles. The molecule has 1 N–H and O–H groups in total. The van der Waals surface area contributed by atoms with Gasteiger partial charge < -0.3 is 10.1 Å². The molecule has 0 spiro atoms. The van der Waals surface area contributed by atoms with Gasteiger partial charge in [0, 0.05) is 22.8 Å². The third-order valence-electron chi connectivity index (χ3n) is 4.73. The fraction of sp³-hybridized carbons (Fsp3) is 0.136. The Kier molecular flexibility index (Phi) is 4.36. The van der Waals surface area contributed by atoms with Crippen LogP contribution in [0.15, 0.2) is 66.7 Å². The number of ether oxygens (including phenoxy) is 1. The fourth-order valence-electron chi connectivity index (χ4n) is 3.42. The molecule has 3 aromatic carbocycles. The maximum atomic E-state index is 14.1. The second-order valence-corrected chi connectivity index (χ2v) is 6.51. The van der Waals surface area contributed by atoms with Crippen molar-refractivity contribution >= 4 is 5.91 Å². The number of benzene rings is 3. The van der Waals surface area contributed by atoms with E-state index in [-0.39, 0.29) is 11.5 Å². The van der Waals surface area contributed by atoms with Crippen molar-refractivity contribution in [1.29, 1.82) is 0 Å². The van der Waals surface area contributed by atoms with Gasteiger partial charge in [0.25, 0.3) is 0 Å². The molecule has 3 nitrogen and oxygen atoms in total. The lowest BCUT2D eigenvalue weighted by Gasteiger charge is -2.28. The average molecular weight is 365 g/mol. The molecular weight excluding hydrogens is 348 g/mol. The highest BCUT2D eigenvalue weighted by Crippen LogP contribution is 2.44. The van der Waals surface area contributed by atoms with Gasteiger partial charge in [0.2, 0.25) is 5.91 Å². The minimum atomic E-state index is -0.685. The summed E-state index contributed by atoms with van der Waals surface area (Å²) in [5.74, 6) is -0.932. The topological polar surface area (TPSA) is 38.3 Å². The van der Waals surface area contributed by atoms with Crippen molar-refractivity contribution in [3.8, 4) is 11.5 Å². The zero-order valence-electron chi connectivity index (χ0n) is 14.6. The van der Waals surface area contributed by atoms with Crippen molar-refractivity contribution in [2.45, 2.75) is 18.9 Å². The third kappa shape index (κ3) is 3.16. The second kappa shape index (κ2) is 6.83. The van der Waals surface area contributed by atoms with Crippen molar-refractivity contribution in [3.63, 3.8) is 0 Å². The Morgan fingerprint density at radius 2 is 1.56 bits per heavy atom. The number of nitrogens with one attached hydrogen (secondary N) is 1. The van der Waals surface area contributed by atoms with E-state index in [1.807, 2.05) is 48.5 Å². The van der Waals surface area contributed by atoms with Gasteiger partial charge in [-0.15, -0.1) is 0 Å². The molecule has 0 radical (unpaired) electrons. The summed E-state index contributed by atoms with van der Waals surface area (Å²) in [5.41, 5.74) is 1.74. The number of halogens is 2. The van der Waals surface area contributed by atoms with Crippen molar-refractivity contribution < 1.29 is 18.3 Å². The van der Waals surface area contributed by atoms with E-state index in [1.165, 1.54) is 12.1 Å². The number of carbonyl (C=O) groups excluding carboxylic acids is 1. The van der Waals surface area contributed by atoms with E-state index in [1.54, 1.807) is 6.92 Å². The van der Waals surface area contributed by atoms with Crippen molar-refractivity contribution in [2.24, 2.45) is 0 Å². The standard InChI is InChI=1S/C22H17F2NO2/c1-13(15-11-10-14(23)12-18(15)24)25-22(26)21-16-6-2-4-8-19(16)27-20-9-5-3-7-17(20)21/h2-13,21H,1H3,(H,25,26)/t13-/m0/s1. The molecule has 1 heterocycles. The minimum Gasteiger partial charge on any atom is -0.457 e. The summed E-state index contributed by atoms with van der Waals surface area (Å²) < 4.78 is 33.1. The van der Waals surface area contributed by atoms with Gasteiger partial charge in [-0.2, -0.15) is 0 Å². The number of para-hydroxylation sites is 2. The monoisotopic (exact) mass is 365 g/mol. The lowest BCUT2D eigenvalue weighted by Crippen LogP contribution is -2.33. The molecule has 0 bridgehead atoms. The van der Waals surface area contributed by atoms with E-state index >= 15 is 0 Å². The molecule has 1 atom stereocenters. The summed E-state index contributed by atoms with van der Waals surface area (Å²) in [6.07, 6.45) is 0. The molecular formula is C22H17F2NO2. The molecule has 1 amide bonds. The van der Waals surface area contributed by atoms with Crippen LogP contribution in [0, 0.1) is 11.6 Å². The van der Waals surface area contributed by atoms with E-state index in [0.717, 1.165) is 17.2 Å². The van der Waals surface area contributed by atoms with Crippen LogP contribution in [0.3, 0.4) is 0 Å². The summed E-state index contributed by atoms with van der Waals surface area (Å²) >= 11 is 0. The van der Waals surface area contributed by atoms with E-state index in [4.69, 9.17) is 4.74 Å².